The molecule has 0 bridgehead atoms. The number of carbonyl (C=O) groups is 1. The number of carbonyl (C=O) groups excluding carboxylic acids is 1. The second kappa shape index (κ2) is 12.7. The van der Waals surface area contributed by atoms with Crippen LogP contribution >= 0.6 is 11.3 Å². The van der Waals surface area contributed by atoms with Crippen LogP contribution in [-0.4, -0.2) is 59.7 Å². The Bertz CT molecular complexity index is 1210. The van der Waals surface area contributed by atoms with E-state index in [1.165, 1.54) is 18.4 Å². The Morgan fingerprint density at radius 1 is 1.08 bits per heavy atom. The summed E-state index contributed by atoms with van der Waals surface area (Å²) in [7, 11) is 0. The second-order valence-electron chi connectivity index (χ2n) is 10.7. The number of hydrogen-bond donors (Lipinski definition) is 4. The number of fused-ring (bicyclic) bond motifs is 1. The molecule has 1 aliphatic rings. The molecule has 200 valence electrons. The van der Waals surface area contributed by atoms with Crippen molar-refractivity contribution in [2.24, 2.45) is 0 Å². The molecular formula is C29H40N4O3S. The van der Waals surface area contributed by atoms with Gasteiger partial charge in [-0.3, -0.25) is 9.59 Å². The number of benzene rings is 2. The van der Waals surface area contributed by atoms with E-state index >= 15 is 0 Å². The van der Waals surface area contributed by atoms with E-state index in [-0.39, 0.29) is 21.9 Å². The highest BCUT2D eigenvalue weighted by atomic mass is 32.1. The maximum Gasteiger partial charge on any atom is 0.305 e. The van der Waals surface area contributed by atoms with E-state index in [1.807, 2.05) is 12.1 Å². The number of nitrogens with zero attached hydrogens (tertiary/aromatic N) is 1. The Morgan fingerprint density at radius 3 is 2.59 bits per heavy atom. The fourth-order valence-electron chi connectivity index (χ4n) is 5.28. The first-order chi connectivity index (χ1) is 17.8. The smallest absolute Gasteiger partial charge is 0.305 e. The van der Waals surface area contributed by atoms with Crippen LogP contribution in [0, 0.1) is 0 Å². The van der Waals surface area contributed by atoms with E-state index in [0.29, 0.717) is 31.1 Å². The molecule has 7 nitrogen and oxygen atoms in total. The molecule has 0 saturated heterocycles. The van der Waals surface area contributed by atoms with Gasteiger partial charge in [-0.05, 0) is 43.0 Å². The standard InChI is InChI=1S/C29H40N4O3S/c1-29(2,22-8-4-3-5-9-22)20-31-17-15-25(35)33(23-10-6-7-11-23)19-18-30-16-14-21-12-13-24(34)26-27(21)37-28(36)32-26/h3-5,8-9,12-13,23,30-31,34H,6-7,10-11,14-20H2,1-2H3,(H,32,36). The molecule has 4 N–H and O–H groups in total. The van der Waals surface area contributed by atoms with Gasteiger partial charge in [-0.1, -0.05) is 74.4 Å². The molecule has 0 spiro atoms. The van der Waals surface area contributed by atoms with Crippen molar-refractivity contribution < 1.29 is 9.90 Å². The maximum absolute atomic E-state index is 13.2. The number of H-pyrrole nitrogens is 1. The molecule has 1 aromatic heterocycles. The van der Waals surface area contributed by atoms with Gasteiger partial charge in [-0.25, -0.2) is 0 Å². The van der Waals surface area contributed by atoms with E-state index in [2.05, 4.69) is 58.6 Å². The van der Waals surface area contributed by atoms with Crippen molar-refractivity contribution in [3.8, 4) is 5.75 Å². The molecule has 1 saturated carbocycles. The van der Waals surface area contributed by atoms with Gasteiger partial charge in [0.15, 0.2) is 0 Å². The Balaban J connectivity index is 1.23. The van der Waals surface area contributed by atoms with Gasteiger partial charge in [-0.15, -0.1) is 0 Å². The third-order valence-electron chi connectivity index (χ3n) is 7.46. The molecule has 37 heavy (non-hydrogen) atoms. The highest BCUT2D eigenvalue weighted by Crippen LogP contribution is 2.28. The first kappa shape index (κ1) is 27.4. The molecule has 3 aromatic rings. The summed E-state index contributed by atoms with van der Waals surface area (Å²) < 4.78 is 0.817. The van der Waals surface area contributed by atoms with Crippen molar-refractivity contribution in [2.45, 2.75) is 63.8 Å². The summed E-state index contributed by atoms with van der Waals surface area (Å²) in [4.78, 5) is 29.6. The Kier molecular flexibility index (Phi) is 9.40. The van der Waals surface area contributed by atoms with Gasteiger partial charge >= 0.3 is 4.87 Å². The lowest BCUT2D eigenvalue weighted by Gasteiger charge is -2.30. The highest BCUT2D eigenvalue weighted by Gasteiger charge is 2.26. The summed E-state index contributed by atoms with van der Waals surface area (Å²) in [5, 5.41) is 17.0. The monoisotopic (exact) mass is 524 g/mol. The van der Waals surface area contributed by atoms with E-state index in [0.717, 1.165) is 60.5 Å². The summed E-state index contributed by atoms with van der Waals surface area (Å²) in [5.41, 5.74) is 2.87. The minimum atomic E-state index is -0.158. The van der Waals surface area contributed by atoms with Crippen LogP contribution in [0.5, 0.6) is 5.75 Å². The molecule has 4 rings (SSSR count). The Morgan fingerprint density at radius 2 is 1.84 bits per heavy atom. The summed E-state index contributed by atoms with van der Waals surface area (Å²) in [6.07, 6.45) is 5.85. The number of thiazole rings is 1. The second-order valence-corrected chi connectivity index (χ2v) is 11.6. The predicted molar refractivity (Wildman–Crippen MR) is 152 cm³/mol. The number of aromatic nitrogens is 1. The number of amides is 1. The van der Waals surface area contributed by atoms with Gasteiger partial charge in [0, 0.05) is 44.1 Å². The van der Waals surface area contributed by atoms with E-state index in [1.54, 1.807) is 6.07 Å². The molecule has 1 amide bonds. The zero-order chi connectivity index (χ0) is 26.3. The van der Waals surface area contributed by atoms with Gasteiger partial charge in [0.05, 0.1) is 4.70 Å². The van der Waals surface area contributed by atoms with Crippen LogP contribution in [0.4, 0.5) is 0 Å². The quantitative estimate of drug-likeness (QED) is 0.252. The van der Waals surface area contributed by atoms with Gasteiger partial charge in [-0.2, -0.15) is 0 Å². The highest BCUT2D eigenvalue weighted by molar-refractivity contribution is 7.16. The number of phenolic OH excluding ortho intramolecular Hbond substituents is 1. The molecule has 2 aromatic carbocycles. The van der Waals surface area contributed by atoms with Gasteiger partial charge in [0.1, 0.15) is 11.3 Å². The molecule has 0 aliphatic heterocycles. The van der Waals surface area contributed by atoms with Crippen LogP contribution in [0.25, 0.3) is 10.2 Å². The van der Waals surface area contributed by atoms with Crippen molar-refractivity contribution in [3.05, 3.63) is 63.3 Å². The number of phenols is 1. The predicted octanol–water partition coefficient (Wildman–Crippen LogP) is 4.16. The topological polar surface area (TPSA) is 97.5 Å². The van der Waals surface area contributed by atoms with Gasteiger partial charge in [0.25, 0.3) is 0 Å². The average Bonchev–Trinajstić information content (AvgIpc) is 3.56. The van der Waals surface area contributed by atoms with Crippen LogP contribution < -0.4 is 15.5 Å². The molecule has 0 atom stereocenters. The van der Waals surface area contributed by atoms with Crippen LogP contribution in [-0.2, 0) is 16.6 Å². The fourth-order valence-corrected chi connectivity index (χ4v) is 6.17. The summed E-state index contributed by atoms with van der Waals surface area (Å²) in [5.74, 6) is 0.338. The molecule has 0 unspecified atom stereocenters. The van der Waals surface area contributed by atoms with Crippen molar-refractivity contribution >= 4 is 27.5 Å². The Labute approximate surface area is 223 Å². The summed E-state index contributed by atoms with van der Waals surface area (Å²) in [6, 6.07) is 14.4. The number of hydrogen-bond acceptors (Lipinski definition) is 6. The van der Waals surface area contributed by atoms with E-state index in [9.17, 15) is 14.7 Å². The molecule has 8 heteroatoms. The molecule has 0 radical (unpaired) electrons. The third kappa shape index (κ3) is 7.21. The molecule has 1 fully saturated rings. The lowest BCUT2D eigenvalue weighted by molar-refractivity contribution is -0.133. The van der Waals surface area contributed by atoms with Crippen molar-refractivity contribution in [1.29, 1.82) is 0 Å². The Hall–Kier alpha value is -2.68. The van der Waals surface area contributed by atoms with Crippen molar-refractivity contribution in [3.63, 3.8) is 0 Å². The normalized spacial score (nSPS) is 14.4. The summed E-state index contributed by atoms with van der Waals surface area (Å²) >= 11 is 1.13. The summed E-state index contributed by atoms with van der Waals surface area (Å²) in [6.45, 7) is 8.16. The first-order valence-electron chi connectivity index (χ1n) is 13.5. The number of nitrogens with one attached hydrogen (secondary N) is 3. The molecular weight excluding hydrogens is 484 g/mol. The lowest BCUT2D eigenvalue weighted by atomic mass is 9.84. The van der Waals surface area contributed by atoms with Crippen LogP contribution in [0.1, 0.15) is 57.1 Å². The minimum absolute atomic E-state index is 0.0127. The van der Waals surface area contributed by atoms with Crippen LogP contribution in [0.3, 0.4) is 0 Å². The van der Waals surface area contributed by atoms with Gasteiger partial charge in [0.2, 0.25) is 5.91 Å². The minimum Gasteiger partial charge on any atom is -0.506 e. The number of aromatic amines is 1. The maximum atomic E-state index is 13.2. The van der Waals surface area contributed by atoms with E-state index in [4.69, 9.17) is 0 Å². The fraction of sp³-hybridized carbons (Fsp3) is 0.517. The first-order valence-corrected chi connectivity index (χ1v) is 14.3. The van der Waals surface area contributed by atoms with Crippen LogP contribution in [0.15, 0.2) is 47.3 Å². The SMILES string of the molecule is CC(C)(CNCCC(=O)N(CCNCCc1ccc(O)c2[nH]c(=O)sc12)C1CCCC1)c1ccccc1. The lowest BCUT2D eigenvalue weighted by Crippen LogP contribution is -2.44. The van der Waals surface area contributed by atoms with E-state index < -0.39 is 0 Å². The third-order valence-corrected chi connectivity index (χ3v) is 8.42. The zero-order valence-corrected chi connectivity index (χ0v) is 22.8. The molecule has 1 aliphatic carbocycles. The van der Waals surface area contributed by atoms with Crippen molar-refractivity contribution in [2.75, 3.05) is 32.7 Å². The molecule has 1 heterocycles. The van der Waals surface area contributed by atoms with Crippen molar-refractivity contribution in [1.82, 2.24) is 20.5 Å². The average molecular weight is 525 g/mol. The number of rotatable bonds is 13. The largest absolute Gasteiger partial charge is 0.506 e. The zero-order valence-electron chi connectivity index (χ0n) is 22.0. The number of aromatic hydroxyl groups is 1. The van der Waals surface area contributed by atoms with Crippen LogP contribution in [0.2, 0.25) is 0 Å². The van der Waals surface area contributed by atoms with Gasteiger partial charge < -0.3 is 25.6 Å².